The predicted molar refractivity (Wildman–Crippen MR) is 97.9 cm³/mol. The number of hydrogen-bond acceptors (Lipinski definition) is 3. The summed E-state index contributed by atoms with van der Waals surface area (Å²) >= 11 is 11.9. The van der Waals surface area contributed by atoms with Crippen LogP contribution in [0.1, 0.15) is 15.9 Å². The lowest BCUT2D eigenvalue weighted by molar-refractivity contribution is 0.0949. The van der Waals surface area contributed by atoms with Gasteiger partial charge in [-0.3, -0.25) is 9.59 Å². The monoisotopic (exact) mass is 373 g/mol. The number of aromatic nitrogens is 2. The molecule has 25 heavy (non-hydrogen) atoms. The molecule has 126 valence electrons. The quantitative estimate of drug-likeness (QED) is 0.732. The third-order valence-electron chi connectivity index (χ3n) is 3.56. The van der Waals surface area contributed by atoms with Crippen molar-refractivity contribution in [3.8, 4) is 11.4 Å². The molecule has 2 aromatic carbocycles. The third-order valence-corrected chi connectivity index (χ3v) is 4.18. The number of benzene rings is 2. The summed E-state index contributed by atoms with van der Waals surface area (Å²) in [5.41, 5.74) is 0.880. The van der Waals surface area contributed by atoms with E-state index in [-0.39, 0.29) is 12.1 Å². The number of halogens is 2. The molecule has 1 heterocycles. The first-order valence-electron chi connectivity index (χ1n) is 7.41. The van der Waals surface area contributed by atoms with Crippen LogP contribution in [0.3, 0.4) is 0 Å². The number of aromatic amines is 1. The van der Waals surface area contributed by atoms with E-state index in [1.165, 1.54) is 6.20 Å². The Bertz CT molecular complexity index is 969. The molecular formula is C18H13Cl2N3O2. The van der Waals surface area contributed by atoms with Crippen LogP contribution in [0.4, 0.5) is 0 Å². The highest BCUT2D eigenvalue weighted by Gasteiger charge is 2.13. The van der Waals surface area contributed by atoms with Gasteiger partial charge in [-0.05, 0) is 35.9 Å². The normalized spacial score (nSPS) is 10.5. The number of carbonyl (C=O) groups is 1. The van der Waals surface area contributed by atoms with Gasteiger partial charge < -0.3 is 10.3 Å². The Hall–Kier alpha value is -2.63. The van der Waals surface area contributed by atoms with E-state index in [2.05, 4.69) is 15.3 Å². The lowest BCUT2D eigenvalue weighted by Gasteiger charge is -2.07. The number of nitrogens with one attached hydrogen (secondary N) is 2. The highest BCUT2D eigenvalue weighted by molar-refractivity contribution is 6.31. The summed E-state index contributed by atoms with van der Waals surface area (Å²) in [5.74, 6) is -0.152. The zero-order valence-electron chi connectivity index (χ0n) is 12.9. The number of hydrogen-bond donors (Lipinski definition) is 2. The number of amides is 1. The van der Waals surface area contributed by atoms with Crippen molar-refractivity contribution in [1.82, 2.24) is 15.3 Å². The summed E-state index contributed by atoms with van der Waals surface area (Å²) in [4.78, 5) is 31.2. The maximum Gasteiger partial charge on any atom is 0.264 e. The van der Waals surface area contributed by atoms with Crippen molar-refractivity contribution in [2.75, 3.05) is 0 Å². The molecule has 7 heteroatoms. The van der Waals surface area contributed by atoms with Gasteiger partial charge in [0, 0.05) is 28.4 Å². The van der Waals surface area contributed by atoms with Crippen molar-refractivity contribution >= 4 is 29.1 Å². The summed E-state index contributed by atoms with van der Waals surface area (Å²) in [6, 6.07) is 14.0. The van der Waals surface area contributed by atoms with Crippen molar-refractivity contribution in [2.45, 2.75) is 6.54 Å². The molecule has 3 aromatic rings. The molecule has 0 aliphatic heterocycles. The molecule has 0 bridgehead atoms. The minimum absolute atomic E-state index is 0.0650. The first kappa shape index (κ1) is 17.2. The Morgan fingerprint density at radius 3 is 2.48 bits per heavy atom. The molecule has 5 nitrogen and oxygen atoms in total. The molecule has 0 atom stereocenters. The fourth-order valence-corrected chi connectivity index (χ4v) is 2.55. The second-order valence-corrected chi connectivity index (χ2v) is 6.10. The smallest absolute Gasteiger partial charge is 0.264 e. The van der Waals surface area contributed by atoms with Gasteiger partial charge in [-0.2, -0.15) is 0 Å². The number of H-pyrrole nitrogens is 1. The van der Waals surface area contributed by atoms with Crippen LogP contribution in [-0.2, 0) is 6.54 Å². The molecule has 0 unspecified atom stereocenters. The van der Waals surface area contributed by atoms with Gasteiger partial charge in [0.1, 0.15) is 11.4 Å². The molecule has 1 aromatic heterocycles. The number of nitrogens with zero attached hydrogens (tertiary/aromatic N) is 1. The lowest BCUT2D eigenvalue weighted by Crippen LogP contribution is -2.29. The Morgan fingerprint density at radius 2 is 1.80 bits per heavy atom. The molecule has 0 spiro atoms. The second kappa shape index (κ2) is 7.51. The van der Waals surface area contributed by atoms with Crippen molar-refractivity contribution in [3.63, 3.8) is 0 Å². The minimum Gasteiger partial charge on any atom is -0.348 e. The van der Waals surface area contributed by atoms with E-state index >= 15 is 0 Å². The van der Waals surface area contributed by atoms with Crippen LogP contribution >= 0.6 is 23.2 Å². The summed E-state index contributed by atoms with van der Waals surface area (Å²) in [7, 11) is 0. The largest absolute Gasteiger partial charge is 0.348 e. The van der Waals surface area contributed by atoms with Crippen LogP contribution in [0.5, 0.6) is 0 Å². The van der Waals surface area contributed by atoms with E-state index < -0.39 is 11.5 Å². The maximum atomic E-state index is 12.2. The van der Waals surface area contributed by atoms with Gasteiger partial charge in [0.25, 0.3) is 11.5 Å². The molecule has 0 aliphatic carbocycles. The van der Waals surface area contributed by atoms with Gasteiger partial charge in [-0.1, -0.05) is 41.4 Å². The fourth-order valence-electron chi connectivity index (χ4n) is 2.22. The van der Waals surface area contributed by atoms with Crippen LogP contribution in [0.15, 0.2) is 59.5 Å². The Labute approximate surface area is 153 Å². The summed E-state index contributed by atoms with van der Waals surface area (Å²) in [6.45, 7) is 0.219. The van der Waals surface area contributed by atoms with E-state index in [4.69, 9.17) is 23.2 Å². The Morgan fingerprint density at radius 1 is 1.08 bits per heavy atom. The van der Waals surface area contributed by atoms with Crippen LogP contribution in [0.25, 0.3) is 11.4 Å². The lowest BCUT2D eigenvalue weighted by atomic mass is 10.2. The van der Waals surface area contributed by atoms with Crippen LogP contribution in [0.2, 0.25) is 10.0 Å². The van der Waals surface area contributed by atoms with Gasteiger partial charge in [0.15, 0.2) is 0 Å². The minimum atomic E-state index is -0.517. The van der Waals surface area contributed by atoms with E-state index in [1.54, 1.807) is 42.5 Å². The summed E-state index contributed by atoms with van der Waals surface area (Å²) < 4.78 is 0. The molecule has 0 aliphatic rings. The van der Waals surface area contributed by atoms with Gasteiger partial charge in [0.2, 0.25) is 0 Å². The number of carbonyl (C=O) groups excluding carboxylic acids is 1. The molecule has 0 fully saturated rings. The second-order valence-electron chi connectivity index (χ2n) is 5.26. The molecule has 3 rings (SSSR count). The molecule has 0 radical (unpaired) electrons. The highest BCUT2D eigenvalue weighted by Crippen LogP contribution is 2.17. The molecule has 1 amide bonds. The van der Waals surface area contributed by atoms with Gasteiger partial charge in [-0.15, -0.1) is 0 Å². The average molecular weight is 374 g/mol. The van der Waals surface area contributed by atoms with Crippen LogP contribution < -0.4 is 10.9 Å². The SMILES string of the molecule is O=C(NCc1ccccc1Cl)c1cnc(-c2ccc(Cl)cc2)[nH]c1=O. The van der Waals surface area contributed by atoms with Crippen molar-refractivity contribution in [2.24, 2.45) is 0 Å². The third kappa shape index (κ3) is 4.07. The first-order chi connectivity index (χ1) is 12.0. The van der Waals surface area contributed by atoms with E-state index in [0.717, 1.165) is 5.56 Å². The first-order valence-corrected chi connectivity index (χ1v) is 8.17. The standard InChI is InChI=1S/C18H13Cl2N3O2/c19-13-7-5-11(6-8-13)16-21-10-14(18(25)23-16)17(24)22-9-12-3-1-2-4-15(12)20/h1-8,10H,9H2,(H,22,24)(H,21,23,25). The molecular weight excluding hydrogens is 361 g/mol. The summed E-state index contributed by atoms with van der Waals surface area (Å²) in [6.07, 6.45) is 1.25. The van der Waals surface area contributed by atoms with E-state index in [0.29, 0.717) is 21.4 Å². The zero-order chi connectivity index (χ0) is 17.8. The van der Waals surface area contributed by atoms with Crippen molar-refractivity contribution in [3.05, 3.63) is 86.3 Å². The van der Waals surface area contributed by atoms with Gasteiger partial charge in [-0.25, -0.2) is 4.98 Å². The molecule has 0 saturated carbocycles. The molecule has 0 saturated heterocycles. The Kier molecular flexibility index (Phi) is 5.16. The maximum absolute atomic E-state index is 12.2. The van der Waals surface area contributed by atoms with Gasteiger partial charge in [0.05, 0.1) is 0 Å². The summed E-state index contributed by atoms with van der Waals surface area (Å²) in [5, 5.41) is 3.80. The molecule has 2 N–H and O–H groups in total. The van der Waals surface area contributed by atoms with Crippen molar-refractivity contribution in [1.29, 1.82) is 0 Å². The van der Waals surface area contributed by atoms with Crippen LogP contribution in [0, 0.1) is 0 Å². The van der Waals surface area contributed by atoms with E-state index in [9.17, 15) is 9.59 Å². The average Bonchev–Trinajstić information content (AvgIpc) is 2.61. The topological polar surface area (TPSA) is 74.8 Å². The van der Waals surface area contributed by atoms with E-state index in [1.807, 2.05) is 6.07 Å². The Balaban J connectivity index is 1.76. The van der Waals surface area contributed by atoms with Crippen molar-refractivity contribution < 1.29 is 4.79 Å². The predicted octanol–water partition coefficient (Wildman–Crippen LogP) is 3.67. The van der Waals surface area contributed by atoms with Gasteiger partial charge >= 0.3 is 0 Å². The zero-order valence-corrected chi connectivity index (χ0v) is 14.4. The number of rotatable bonds is 4. The van der Waals surface area contributed by atoms with Crippen LogP contribution in [-0.4, -0.2) is 15.9 Å². The fraction of sp³-hybridized carbons (Fsp3) is 0.0556. The highest BCUT2D eigenvalue weighted by atomic mass is 35.5.